The number of fused-ring (bicyclic) bond motifs is 1. The molecule has 1 aliphatic carbocycles. The molecule has 1 heterocycles. The van der Waals surface area contributed by atoms with E-state index in [2.05, 4.69) is 11.9 Å². The molecule has 1 aliphatic heterocycles. The fraction of sp³-hybridized carbons (Fsp3) is 0.800. The zero-order chi connectivity index (χ0) is 4.15. The molecule has 1 fully saturated rings. The summed E-state index contributed by atoms with van der Waals surface area (Å²) in [5.41, 5.74) is 1.47. The van der Waals surface area contributed by atoms with Crippen LogP contribution < -0.4 is 0 Å². The molecule has 0 aromatic carbocycles. The van der Waals surface area contributed by atoms with Crippen LogP contribution in [-0.2, 0) is 0 Å². The average Bonchev–Trinajstić information content (AvgIpc) is 2.12. The first kappa shape index (κ1) is 2.78. The molecule has 0 saturated heterocycles. The maximum Gasteiger partial charge on any atom is 0.0905 e. The first-order valence-electron chi connectivity index (χ1n) is 2.44. The Labute approximate surface area is 37.1 Å². The number of hydrogen-bond donors (Lipinski definition) is 0. The van der Waals surface area contributed by atoms with Crippen molar-refractivity contribution in [1.82, 2.24) is 0 Å². The molecule has 0 aromatic rings. The van der Waals surface area contributed by atoms with Crippen LogP contribution >= 0.6 is 0 Å². The van der Waals surface area contributed by atoms with Gasteiger partial charge in [0.1, 0.15) is 0 Å². The summed E-state index contributed by atoms with van der Waals surface area (Å²) in [4.78, 5) is 4.16. The lowest BCUT2D eigenvalue weighted by atomic mass is 9.87. The minimum atomic E-state index is 0.741. The van der Waals surface area contributed by atoms with Gasteiger partial charge in [-0.1, -0.05) is 6.92 Å². The van der Waals surface area contributed by atoms with Crippen LogP contribution in [0.5, 0.6) is 0 Å². The highest BCUT2D eigenvalue weighted by Crippen LogP contribution is 2.37. The first-order chi connectivity index (χ1) is 2.88. The van der Waals surface area contributed by atoms with E-state index in [-0.39, 0.29) is 0 Å². The van der Waals surface area contributed by atoms with Crippen molar-refractivity contribution in [2.45, 2.75) is 19.4 Å². The Morgan fingerprint density at radius 1 is 1.83 bits per heavy atom. The number of aliphatic imine (C=N–C) groups is 1. The predicted octanol–water partition coefficient (Wildman–Crippen LogP) is 0.849. The standard InChI is InChI=1S/C5H7N/c1-3-2-4-5(3)6-4/h3,5H,2H2,1H3. The van der Waals surface area contributed by atoms with E-state index < -0.39 is 0 Å². The van der Waals surface area contributed by atoms with Crippen molar-refractivity contribution < 1.29 is 0 Å². The largest absolute Gasteiger partial charge is 0.282 e. The summed E-state index contributed by atoms with van der Waals surface area (Å²) < 4.78 is 0. The van der Waals surface area contributed by atoms with Gasteiger partial charge in [-0.25, -0.2) is 0 Å². The van der Waals surface area contributed by atoms with Gasteiger partial charge in [0.05, 0.1) is 6.04 Å². The van der Waals surface area contributed by atoms with Crippen LogP contribution in [0.15, 0.2) is 4.99 Å². The zero-order valence-corrected chi connectivity index (χ0v) is 3.81. The van der Waals surface area contributed by atoms with Crippen LogP contribution in [-0.4, -0.2) is 11.8 Å². The molecular weight excluding hydrogens is 74.1 g/mol. The van der Waals surface area contributed by atoms with Crippen LogP contribution in [0.2, 0.25) is 0 Å². The summed E-state index contributed by atoms with van der Waals surface area (Å²) in [6, 6.07) is 0.741. The molecule has 0 radical (unpaired) electrons. The van der Waals surface area contributed by atoms with Gasteiger partial charge in [-0.05, 0) is 12.3 Å². The molecule has 0 amide bonds. The van der Waals surface area contributed by atoms with E-state index in [0.717, 1.165) is 12.0 Å². The molecule has 1 heteroatoms. The molecule has 0 spiro atoms. The Hall–Kier alpha value is -0.330. The summed E-state index contributed by atoms with van der Waals surface area (Å²) in [6.07, 6.45) is 1.30. The van der Waals surface area contributed by atoms with Crippen LogP contribution in [0, 0.1) is 5.92 Å². The van der Waals surface area contributed by atoms with Gasteiger partial charge in [-0.2, -0.15) is 0 Å². The van der Waals surface area contributed by atoms with Crippen molar-refractivity contribution >= 4 is 5.71 Å². The predicted molar refractivity (Wildman–Crippen MR) is 25.0 cm³/mol. The maximum atomic E-state index is 4.16. The lowest BCUT2D eigenvalue weighted by Gasteiger charge is -2.13. The van der Waals surface area contributed by atoms with Crippen LogP contribution in [0.3, 0.4) is 0 Å². The molecule has 2 unspecified atom stereocenters. The summed E-state index contributed by atoms with van der Waals surface area (Å²) in [5, 5.41) is 0. The van der Waals surface area contributed by atoms with Gasteiger partial charge in [0.25, 0.3) is 0 Å². The van der Waals surface area contributed by atoms with Crippen molar-refractivity contribution in [1.29, 1.82) is 0 Å². The van der Waals surface area contributed by atoms with Crippen LogP contribution in [0.1, 0.15) is 13.3 Å². The Bertz CT molecular complexity index is 115. The van der Waals surface area contributed by atoms with E-state index in [1.165, 1.54) is 12.1 Å². The Kier molecular flexibility index (Phi) is 0.256. The van der Waals surface area contributed by atoms with E-state index in [0.29, 0.717) is 0 Å². The monoisotopic (exact) mass is 81.1 g/mol. The van der Waals surface area contributed by atoms with Gasteiger partial charge < -0.3 is 0 Å². The van der Waals surface area contributed by atoms with Crippen molar-refractivity contribution in [3.05, 3.63) is 0 Å². The number of rotatable bonds is 0. The lowest BCUT2D eigenvalue weighted by molar-refractivity contribution is 0.561. The molecule has 32 valence electrons. The third-order valence-corrected chi connectivity index (χ3v) is 1.65. The topological polar surface area (TPSA) is 12.4 Å². The SMILES string of the molecule is CC1CC2=NC21. The minimum Gasteiger partial charge on any atom is -0.282 e. The van der Waals surface area contributed by atoms with Gasteiger partial charge in [0, 0.05) is 5.71 Å². The lowest BCUT2D eigenvalue weighted by Crippen LogP contribution is -2.22. The second-order valence-corrected chi connectivity index (χ2v) is 2.25. The zero-order valence-electron chi connectivity index (χ0n) is 3.81. The molecule has 0 N–H and O–H groups in total. The van der Waals surface area contributed by atoms with Gasteiger partial charge >= 0.3 is 0 Å². The van der Waals surface area contributed by atoms with E-state index in [4.69, 9.17) is 0 Å². The Balaban J connectivity index is 2.17. The summed E-state index contributed by atoms with van der Waals surface area (Å²) in [5.74, 6) is 0.903. The maximum absolute atomic E-state index is 4.16. The third kappa shape index (κ3) is 0.140. The number of hydrogen-bond acceptors (Lipinski definition) is 1. The molecule has 2 aliphatic rings. The van der Waals surface area contributed by atoms with E-state index in [9.17, 15) is 0 Å². The van der Waals surface area contributed by atoms with Crippen molar-refractivity contribution in [2.75, 3.05) is 0 Å². The third-order valence-electron chi connectivity index (χ3n) is 1.65. The highest BCUT2D eigenvalue weighted by molar-refractivity contribution is 6.06. The van der Waals surface area contributed by atoms with Crippen molar-refractivity contribution in [2.24, 2.45) is 10.9 Å². The number of nitrogens with zero attached hydrogens (tertiary/aromatic N) is 1. The molecule has 0 bridgehead atoms. The minimum absolute atomic E-state index is 0.741. The fourth-order valence-electron chi connectivity index (χ4n) is 1.05. The van der Waals surface area contributed by atoms with E-state index in [1.54, 1.807) is 0 Å². The molecule has 1 saturated carbocycles. The molecular formula is C5H7N. The molecule has 6 heavy (non-hydrogen) atoms. The Morgan fingerprint density at radius 2 is 2.67 bits per heavy atom. The van der Waals surface area contributed by atoms with Gasteiger partial charge in [-0.3, -0.25) is 4.99 Å². The molecule has 2 atom stereocenters. The van der Waals surface area contributed by atoms with Gasteiger partial charge in [0.2, 0.25) is 0 Å². The first-order valence-corrected chi connectivity index (χ1v) is 2.44. The average molecular weight is 81.1 g/mol. The molecule has 0 aromatic heterocycles. The normalized spacial score (nSPS) is 49.2. The highest BCUT2D eigenvalue weighted by Gasteiger charge is 2.43. The summed E-state index contributed by atoms with van der Waals surface area (Å²) in [6.45, 7) is 2.25. The smallest absolute Gasteiger partial charge is 0.0905 e. The quantitative estimate of drug-likeness (QED) is 0.410. The van der Waals surface area contributed by atoms with Crippen molar-refractivity contribution in [3.8, 4) is 0 Å². The highest BCUT2D eigenvalue weighted by atomic mass is 15.0. The van der Waals surface area contributed by atoms with Crippen molar-refractivity contribution in [3.63, 3.8) is 0 Å². The summed E-state index contributed by atoms with van der Waals surface area (Å²) in [7, 11) is 0. The van der Waals surface area contributed by atoms with Crippen LogP contribution in [0.25, 0.3) is 0 Å². The van der Waals surface area contributed by atoms with Gasteiger partial charge in [0.15, 0.2) is 0 Å². The van der Waals surface area contributed by atoms with E-state index >= 15 is 0 Å². The molecule has 1 nitrogen and oxygen atoms in total. The second kappa shape index (κ2) is 0.552. The molecule has 2 rings (SSSR count). The van der Waals surface area contributed by atoms with Gasteiger partial charge in [-0.15, -0.1) is 0 Å². The van der Waals surface area contributed by atoms with Crippen LogP contribution in [0.4, 0.5) is 0 Å². The van der Waals surface area contributed by atoms with E-state index in [1.807, 2.05) is 0 Å². The second-order valence-electron chi connectivity index (χ2n) is 2.25. The summed E-state index contributed by atoms with van der Waals surface area (Å²) >= 11 is 0. The Morgan fingerprint density at radius 3 is 2.67 bits per heavy atom. The fourth-order valence-corrected chi connectivity index (χ4v) is 1.05.